The molecule has 1 aliphatic rings. The molecule has 0 bridgehead atoms. The Labute approximate surface area is 203 Å². The summed E-state index contributed by atoms with van der Waals surface area (Å²) in [5, 5.41) is 7.23. The molecule has 2 atom stereocenters. The van der Waals surface area contributed by atoms with Crippen LogP contribution in [-0.2, 0) is 16.6 Å². The van der Waals surface area contributed by atoms with Crippen molar-refractivity contribution in [1.82, 2.24) is 14.9 Å². The van der Waals surface area contributed by atoms with Crippen molar-refractivity contribution in [2.75, 3.05) is 23.9 Å². The van der Waals surface area contributed by atoms with Crippen LogP contribution < -0.4 is 15.5 Å². The van der Waals surface area contributed by atoms with E-state index < -0.39 is 0 Å². The van der Waals surface area contributed by atoms with Crippen molar-refractivity contribution in [2.45, 2.75) is 25.9 Å². The van der Waals surface area contributed by atoms with Crippen LogP contribution in [0.4, 0.5) is 11.4 Å². The van der Waals surface area contributed by atoms with Crippen molar-refractivity contribution in [2.24, 2.45) is 7.05 Å². The van der Waals surface area contributed by atoms with Gasteiger partial charge in [0.2, 0.25) is 5.91 Å². The van der Waals surface area contributed by atoms with Crippen molar-refractivity contribution >= 4 is 46.2 Å². The molecule has 1 fully saturated rings. The fourth-order valence-electron chi connectivity index (χ4n) is 4.21. The zero-order valence-corrected chi connectivity index (χ0v) is 20.5. The Hall–Kier alpha value is -2.94. The van der Waals surface area contributed by atoms with Crippen LogP contribution in [0, 0.1) is 13.8 Å². The summed E-state index contributed by atoms with van der Waals surface area (Å²) in [6.07, 6.45) is 1.79. The molecule has 0 radical (unpaired) electrons. The SMILES string of the molecule is COCC(=O)Nc1ccc(N2C(=S)N[C@H](c3ccccn3)[C@H]2c2cc(C)n(C)c2C)cc1Cl. The van der Waals surface area contributed by atoms with Gasteiger partial charge in [-0.15, -0.1) is 0 Å². The summed E-state index contributed by atoms with van der Waals surface area (Å²) in [4.78, 5) is 18.6. The molecule has 3 heterocycles. The Kier molecular flexibility index (Phi) is 6.69. The average molecular weight is 484 g/mol. The Morgan fingerprint density at radius 2 is 2.06 bits per heavy atom. The molecule has 1 aliphatic heterocycles. The van der Waals surface area contributed by atoms with Gasteiger partial charge in [0, 0.05) is 37.4 Å². The highest BCUT2D eigenvalue weighted by atomic mass is 35.5. The first-order chi connectivity index (χ1) is 15.8. The monoisotopic (exact) mass is 483 g/mol. The van der Waals surface area contributed by atoms with E-state index in [1.54, 1.807) is 12.3 Å². The molecule has 0 aliphatic carbocycles. The van der Waals surface area contributed by atoms with Gasteiger partial charge in [0.15, 0.2) is 5.11 Å². The first-order valence-electron chi connectivity index (χ1n) is 10.5. The van der Waals surface area contributed by atoms with E-state index in [9.17, 15) is 4.79 Å². The van der Waals surface area contributed by atoms with Gasteiger partial charge in [-0.3, -0.25) is 9.78 Å². The number of ether oxygens (including phenoxy) is 1. The third-order valence-electron chi connectivity index (χ3n) is 6.01. The van der Waals surface area contributed by atoms with E-state index >= 15 is 0 Å². The van der Waals surface area contributed by atoms with Crippen LogP contribution in [0.15, 0.2) is 48.7 Å². The van der Waals surface area contributed by atoms with Gasteiger partial charge in [0.1, 0.15) is 6.61 Å². The summed E-state index contributed by atoms with van der Waals surface area (Å²) in [6.45, 7) is 4.16. The molecule has 172 valence electrons. The largest absolute Gasteiger partial charge is 0.375 e. The third kappa shape index (κ3) is 4.46. The van der Waals surface area contributed by atoms with E-state index in [1.165, 1.54) is 7.11 Å². The number of hydrogen-bond acceptors (Lipinski definition) is 4. The van der Waals surface area contributed by atoms with Crippen LogP contribution in [0.3, 0.4) is 0 Å². The smallest absolute Gasteiger partial charge is 0.250 e. The highest BCUT2D eigenvalue weighted by molar-refractivity contribution is 7.80. The molecule has 0 unspecified atom stereocenters. The lowest BCUT2D eigenvalue weighted by Gasteiger charge is -2.28. The topological polar surface area (TPSA) is 71.4 Å². The van der Waals surface area contributed by atoms with E-state index in [1.807, 2.05) is 30.3 Å². The quantitative estimate of drug-likeness (QED) is 0.505. The fourth-order valence-corrected chi connectivity index (χ4v) is 4.77. The molecule has 9 heteroatoms. The number of pyridine rings is 1. The Morgan fingerprint density at radius 1 is 1.27 bits per heavy atom. The molecule has 1 aromatic carbocycles. The van der Waals surface area contributed by atoms with E-state index in [0.29, 0.717) is 15.8 Å². The summed E-state index contributed by atoms with van der Waals surface area (Å²) < 4.78 is 7.05. The van der Waals surface area contributed by atoms with Gasteiger partial charge in [-0.25, -0.2) is 0 Å². The van der Waals surface area contributed by atoms with Crippen LogP contribution in [0.1, 0.15) is 34.7 Å². The number of anilines is 2. The maximum atomic E-state index is 11.9. The number of carbonyl (C=O) groups excluding carboxylic acids is 1. The van der Waals surface area contributed by atoms with Crippen molar-refractivity contribution in [3.05, 3.63) is 76.3 Å². The molecule has 1 amide bonds. The van der Waals surface area contributed by atoms with E-state index in [0.717, 1.165) is 28.3 Å². The number of nitrogens with one attached hydrogen (secondary N) is 2. The second kappa shape index (κ2) is 9.51. The van der Waals surface area contributed by atoms with Crippen molar-refractivity contribution in [3.63, 3.8) is 0 Å². The molecule has 33 heavy (non-hydrogen) atoms. The molecule has 0 spiro atoms. The van der Waals surface area contributed by atoms with Gasteiger partial charge < -0.3 is 24.8 Å². The minimum Gasteiger partial charge on any atom is -0.375 e. The summed E-state index contributed by atoms with van der Waals surface area (Å²) in [5.74, 6) is -0.269. The highest BCUT2D eigenvalue weighted by Crippen LogP contribution is 2.44. The van der Waals surface area contributed by atoms with Gasteiger partial charge in [-0.1, -0.05) is 17.7 Å². The number of aromatic nitrogens is 2. The first-order valence-corrected chi connectivity index (χ1v) is 11.3. The highest BCUT2D eigenvalue weighted by Gasteiger charge is 2.42. The second-order valence-electron chi connectivity index (χ2n) is 8.03. The predicted molar refractivity (Wildman–Crippen MR) is 135 cm³/mol. The van der Waals surface area contributed by atoms with Crippen LogP contribution in [-0.4, -0.2) is 34.3 Å². The zero-order chi connectivity index (χ0) is 23.7. The third-order valence-corrected chi connectivity index (χ3v) is 6.64. The summed E-state index contributed by atoms with van der Waals surface area (Å²) >= 11 is 12.3. The fraction of sp³-hybridized carbons (Fsp3) is 0.292. The van der Waals surface area contributed by atoms with Gasteiger partial charge in [-0.2, -0.15) is 0 Å². The lowest BCUT2D eigenvalue weighted by Crippen LogP contribution is -2.29. The van der Waals surface area contributed by atoms with Crippen LogP contribution in [0.2, 0.25) is 5.02 Å². The molecular weight excluding hydrogens is 458 g/mol. The van der Waals surface area contributed by atoms with Crippen LogP contribution >= 0.6 is 23.8 Å². The van der Waals surface area contributed by atoms with E-state index in [-0.39, 0.29) is 24.6 Å². The zero-order valence-electron chi connectivity index (χ0n) is 18.9. The normalized spacial score (nSPS) is 17.8. The number of methoxy groups -OCH3 is 1. The van der Waals surface area contributed by atoms with E-state index in [4.69, 9.17) is 28.6 Å². The molecule has 7 nitrogen and oxygen atoms in total. The van der Waals surface area contributed by atoms with E-state index in [2.05, 4.69) is 52.0 Å². The number of rotatable bonds is 6. The Morgan fingerprint density at radius 3 is 2.67 bits per heavy atom. The number of halogens is 1. The molecule has 4 rings (SSSR count). The average Bonchev–Trinajstić information content (AvgIpc) is 3.27. The van der Waals surface area contributed by atoms with Crippen molar-refractivity contribution in [1.29, 1.82) is 0 Å². The number of benzene rings is 1. The van der Waals surface area contributed by atoms with Gasteiger partial charge >= 0.3 is 0 Å². The molecule has 1 saturated heterocycles. The maximum absolute atomic E-state index is 11.9. The lowest BCUT2D eigenvalue weighted by atomic mass is 9.96. The summed E-state index contributed by atoms with van der Waals surface area (Å²) in [5.41, 5.74) is 5.73. The number of amides is 1. The second-order valence-corrected chi connectivity index (χ2v) is 8.82. The lowest BCUT2D eigenvalue weighted by molar-refractivity contribution is -0.119. The molecule has 3 aromatic rings. The van der Waals surface area contributed by atoms with Gasteiger partial charge in [0.25, 0.3) is 0 Å². The number of hydrogen-bond donors (Lipinski definition) is 2. The number of nitrogens with zero attached hydrogens (tertiary/aromatic N) is 3. The maximum Gasteiger partial charge on any atom is 0.250 e. The minimum absolute atomic E-state index is 0.0430. The Bertz CT molecular complexity index is 1200. The van der Waals surface area contributed by atoms with Gasteiger partial charge in [0.05, 0.1) is 28.5 Å². The first kappa shape index (κ1) is 23.2. The number of carbonyl (C=O) groups is 1. The standard InChI is InChI=1S/C24H26ClN5O2S/c1-14-11-17(15(2)29(14)3)23-22(20-7-5-6-10-26-20)28-24(33)30(23)16-8-9-19(18(25)12-16)27-21(31)13-32-4/h5-12,22-23H,13H2,1-4H3,(H,27,31)(H,28,33)/t22-,23-/m1/s1. The molecule has 2 N–H and O–H groups in total. The van der Waals surface area contributed by atoms with Gasteiger partial charge in [-0.05, 0) is 68.0 Å². The number of thiocarbonyl (C=S) groups is 1. The summed E-state index contributed by atoms with van der Waals surface area (Å²) in [7, 11) is 3.53. The molecule has 0 saturated carbocycles. The van der Waals surface area contributed by atoms with Crippen LogP contribution in [0.25, 0.3) is 0 Å². The van der Waals surface area contributed by atoms with Crippen LogP contribution in [0.5, 0.6) is 0 Å². The van der Waals surface area contributed by atoms with Crippen molar-refractivity contribution < 1.29 is 9.53 Å². The summed E-state index contributed by atoms with van der Waals surface area (Å²) in [6, 6.07) is 13.3. The predicted octanol–water partition coefficient (Wildman–Crippen LogP) is 4.45. The minimum atomic E-state index is -0.269. The Balaban J connectivity index is 1.77. The molecular formula is C24H26ClN5O2S. The molecule has 2 aromatic heterocycles. The number of aryl methyl sites for hydroxylation is 1. The van der Waals surface area contributed by atoms with Crippen molar-refractivity contribution in [3.8, 4) is 0 Å².